The van der Waals surface area contributed by atoms with Gasteiger partial charge in [0.05, 0.1) is 19.4 Å². The molecule has 0 fully saturated rings. The van der Waals surface area contributed by atoms with Gasteiger partial charge in [-0.1, -0.05) is 30.3 Å². The highest BCUT2D eigenvalue weighted by atomic mass is 16.3. The Labute approximate surface area is 116 Å². The van der Waals surface area contributed by atoms with Gasteiger partial charge in [0.1, 0.15) is 5.76 Å². The van der Waals surface area contributed by atoms with Crippen LogP contribution in [0.15, 0.2) is 47.1 Å². The van der Waals surface area contributed by atoms with Crippen LogP contribution in [0.4, 0.5) is 0 Å². The molecule has 1 aromatic carbocycles. The molecule has 6 nitrogen and oxygen atoms in total. The van der Waals surface area contributed by atoms with Crippen LogP contribution in [-0.2, 0) is 13.1 Å². The van der Waals surface area contributed by atoms with Crippen molar-refractivity contribution < 1.29 is 4.42 Å². The van der Waals surface area contributed by atoms with Crippen LogP contribution >= 0.6 is 0 Å². The van der Waals surface area contributed by atoms with E-state index in [2.05, 4.69) is 20.7 Å². The van der Waals surface area contributed by atoms with E-state index in [1.54, 1.807) is 11.1 Å². The van der Waals surface area contributed by atoms with E-state index < -0.39 is 0 Å². The number of nitrogens with one attached hydrogen (secondary N) is 1. The number of tetrazole rings is 1. The number of furan rings is 1. The molecule has 0 unspecified atom stereocenters. The third-order valence-electron chi connectivity index (χ3n) is 2.97. The molecule has 0 radical (unpaired) electrons. The van der Waals surface area contributed by atoms with Crippen LogP contribution in [0, 0.1) is 0 Å². The van der Waals surface area contributed by atoms with E-state index in [9.17, 15) is 0 Å². The van der Waals surface area contributed by atoms with Crippen molar-refractivity contribution in [1.29, 1.82) is 0 Å². The number of hydrogen-bond donors (Lipinski definition) is 1. The molecular formula is C14H15N5O. The van der Waals surface area contributed by atoms with Crippen LogP contribution in [0.3, 0.4) is 0 Å². The molecule has 6 heteroatoms. The first-order chi connectivity index (χ1) is 9.86. The summed E-state index contributed by atoms with van der Waals surface area (Å²) in [5, 5.41) is 15.6. The predicted octanol–water partition coefficient (Wildman–Crippen LogP) is 1.70. The monoisotopic (exact) mass is 269 g/mol. The highest BCUT2D eigenvalue weighted by molar-refractivity contribution is 5.52. The van der Waals surface area contributed by atoms with Crippen molar-refractivity contribution >= 4 is 0 Å². The maximum atomic E-state index is 5.42. The normalized spacial score (nSPS) is 10.8. The summed E-state index contributed by atoms with van der Waals surface area (Å²) >= 11 is 0. The molecule has 102 valence electrons. The van der Waals surface area contributed by atoms with E-state index in [1.807, 2.05) is 43.4 Å². The van der Waals surface area contributed by atoms with E-state index in [0.29, 0.717) is 18.9 Å². The molecule has 2 aromatic heterocycles. The van der Waals surface area contributed by atoms with Gasteiger partial charge in [-0.15, -0.1) is 10.2 Å². The second-order valence-corrected chi connectivity index (χ2v) is 4.41. The van der Waals surface area contributed by atoms with Gasteiger partial charge in [-0.3, -0.25) is 0 Å². The zero-order valence-corrected chi connectivity index (χ0v) is 11.2. The van der Waals surface area contributed by atoms with Crippen LogP contribution in [0.25, 0.3) is 11.4 Å². The van der Waals surface area contributed by atoms with Gasteiger partial charge in [-0.05, 0) is 18.3 Å². The Morgan fingerprint density at radius 1 is 1.20 bits per heavy atom. The summed E-state index contributed by atoms with van der Waals surface area (Å²) in [6, 6.07) is 11.7. The van der Waals surface area contributed by atoms with Gasteiger partial charge >= 0.3 is 0 Å². The van der Waals surface area contributed by atoms with Crippen molar-refractivity contribution in [2.24, 2.45) is 0 Å². The standard InChI is InChI=1S/C14H15N5O/c1-15-9-13-12(7-8-20-13)10-19-17-14(16-18-19)11-5-3-2-4-6-11/h2-8,15H,9-10H2,1H3. The van der Waals surface area contributed by atoms with Gasteiger partial charge in [-0.25, -0.2) is 0 Å². The van der Waals surface area contributed by atoms with Crippen molar-refractivity contribution in [2.75, 3.05) is 7.05 Å². The van der Waals surface area contributed by atoms with E-state index in [-0.39, 0.29) is 0 Å². The van der Waals surface area contributed by atoms with E-state index in [4.69, 9.17) is 4.42 Å². The fourth-order valence-corrected chi connectivity index (χ4v) is 1.99. The Balaban J connectivity index is 1.79. The zero-order valence-electron chi connectivity index (χ0n) is 11.2. The third-order valence-corrected chi connectivity index (χ3v) is 2.97. The summed E-state index contributed by atoms with van der Waals surface area (Å²) in [5.74, 6) is 1.52. The van der Waals surface area contributed by atoms with Gasteiger partial charge in [0.25, 0.3) is 0 Å². The number of rotatable bonds is 5. The van der Waals surface area contributed by atoms with Crippen molar-refractivity contribution in [1.82, 2.24) is 25.5 Å². The van der Waals surface area contributed by atoms with Gasteiger partial charge in [0.2, 0.25) is 5.82 Å². The summed E-state index contributed by atoms with van der Waals surface area (Å²) < 4.78 is 5.42. The van der Waals surface area contributed by atoms with E-state index in [1.165, 1.54) is 0 Å². The van der Waals surface area contributed by atoms with Crippen molar-refractivity contribution in [2.45, 2.75) is 13.1 Å². The minimum absolute atomic E-state index is 0.549. The smallest absolute Gasteiger partial charge is 0.204 e. The summed E-state index contributed by atoms with van der Waals surface area (Å²) in [6.45, 7) is 1.23. The number of hydrogen-bond acceptors (Lipinski definition) is 5. The van der Waals surface area contributed by atoms with Crippen LogP contribution in [-0.4, -0.2) is 27.3 Å². The minimum atomic E-state index is 0.549. The SMILES string of the molecule is CNCc1occc1Cn1nnc(-c2ccccc2)n1. The van der Waals surface area contributed by atoms with Gasteiger partial charge < -0.3 is 9.73 Å². The minimum Gasteiger partial charge on any atom is -0.468 e. The lowest BCUT2D eigenvalue weighted by atomic mass is 10.2. The molecule has 0 saturated heterocycles. The van der Waals surface area contributed by atoms with Gasteiger partial charge in [0, 0.05) is 11.1 Å². The fraction of sp³-hybridized carbons (Fsp3) is 0.214. The molecular weight excluding hydrogens is 254 g/mol. The highest BCUT2D eigenvalue weighted by Crippen LogP contribution is 2.14. The second kappa shape index (κ2) is 5.66. The zero-order chi connectivity index (χ0) is 13.8. The molecule has 2 heterocycles. The molecule has 0 aliphatic carbocycles. The predicted molar refractivity (Wildman–Crippen MR) is 73.8 cm³/mol. The summed E-state index contributed by atoms with van der Waals surface area (Å²) in [7, 11) is 1.88. The molecule has 0 aliphatic heterocycles. The second-order valence-electron chi connectivity index (χ2n) is 4.41. The molecule has 20 heavy (non-hydrogen) atoms. The maximum absolute atomic E-state index is 5.42. The molecule has 3 aromatic rings. The Morgan fingerprint density at radius 3 is 2.85 bits per heavy atom. The lowest BCUT2D eigenvalue weighted by Gasteiger charge is -2.00. The highest BCUT2D eigenvalue weighted by Gasteiger charge is 2.09. The largest absolute Gasteiger partial charge is 0.468 e. The average molecular weight is 269 g/mol. The third kappa shape index (κ3) is 2.60. The first kappa shape index (κ1) is 12.6. The molecule has 0 aliphatic rings. The Kier molecular flexibility index (Phi) is 3.56. The van der Waals surface area contributed by atoms with E-state index in [0.717, 1.165) is 16.9 Å². The fourth-order valence-electron chi connectivity index (χ4n) is 1.99. The molecule has 0 saturated carbocycles. The van der Waals surface area contributed by atoms with Crippen LogP contribution in [0.5, 0.6) is 0 Å². The van der Waals surface area contributed by atoms with Gasteiger partial charge in [-0.2, -0.15) is 4.80 Å². The molecule has 0 bridgehead atoms. The first-order valence-corrected chi connectivity index (χ1v) is 6.40. The Morgan fingerprint density at radius 2 is 2.05 bits per heavy atom. The summed E-state index contributed by atoms with van der Waals surface area (Å²) in [6.07, 6.45) is 1.68. The number of benzene rings is 1. The first-order valence-electron chi connectivity index (χ1n) is 6.40. The Bertz CT molecular complexity index is 674. The molecule has 0 amide bonds. The van der Waals surface area contributed by atoms with Crippen molar-refractivity contribution in [3.05, 3.63) is 54.0 Å². The lowest BCUT2D eigenvalue weighted by molar-refractivity contribution is 0.481. The Hall–Kier alpha value is -2.47. The summed E-state index contributed by atoms with van der Waals surface area (Å²) in [5.41, 5.74) is 2.01. The van der Waals surface area contributed by atoms with Crippen LogP contribution < -0.4 is 5.32 Å². The summed E-state index contributed by atoms with van der Waals surface area (Å²) in [4.78, 5) is 1.58. The maximum Gasteiger partial charge on any atom is 0.204 e. The quantitative estimate of drug-likeness (QED) is 0.763. The van der Waals surface area contributed by atoms with E-state index >= 15 is 0 Å². The lowest BCUT2D eigenvalue weighted by Crippen LogP contribution is -2.09. The molecule has 3 rings (SSSR count). The van der Waals surface area contributed by atoms with Crippen LogP contribution in [0.2, 0.25) is 0 Å². The molecule has 0 spiro atoms. The van der Waals surface area contributed by atoms with Crippen LogP contribution in [0.1, 0.15) is 11.3 Å². The number of aromatic nitrogens is 4. The topological polar surface area (TPSA) is 68.8 Å². The van der Waals surface area contributed by atoms with Gasteiger partial charge in [0.15, 0.2) is 0 Å². The molecule has 1 N–H and O–H groups in total. The average Bonchev–Trinajstić information content (AvgIpc) is 3.11. The van der Waals surface area contributed by atoms with Crippen molar-refractivity contribution in [3.8, 4) is 11.4 Å². The molecule has 0 atom stereocenters. The number of nitrogens with zero attached hydrogens (tertiary/aromatic N) is 4. The van der Waals surface area contributed by atoms with Crippen molar-refractivity contribution in [3.63, 3.8) is 0 Å².